The van der Waals surface area contributed by atoms with Gasteiger partial charge in [0, 0.05) is 52.6 Å². The first kappa shape index (κ1) is 23.9. The summed E-state index contributed by atoms with van der Waals surface area (Å²) in [7, 11) is 1.54. The molecule has 5 rings (SSSR count). The number of aromatic nitrogens is 4. The molecule has 0 spiro atoms. The van der Waals surface area contributed by atoms with Crippen LogP contribution in [0.25, 0.3) is 27.6 Å². The van der Waals surface area contributed by atoms with Gasteiger partial charge in [-0.1, -0.05) is 48.5 Å². The van der Waals surface area contributed by atoms with Gasteiger partial charge >= 0.3 is 6.01 Å². The Morgan fingerprint density at radius 1 is 0.946 bits per heavy atom. The van der Waals surface area contributed by atoms with Crippen LogP contribution in [0.2, 0.25) is 0 Å². The lowest BCUT2D eigenvalue weighted by Gasteiger charge is -2.21. The fourth-order valence-corrected chi connectivity index (χ4v) is 4.75. The maximum absolute atomic E-state index is 10.4. The number of benzene rings is 2. The fraction of sp³-hybridized carbons (Fsp3) is 0.133. The minimum atomic E-state index is -0.211. The van der Waals surface area contributed by atoms with Crippen LogP contribution in [-0.4, -0.2) is 37.4 Å². The number of rotatable bonds is 7. The lowest BCUT2D eigenvalue weighted by atomic mass is 9.98. The van der Waals surface area contributed by atoms with Crippen molar-refractivity contribution in [2.45, 2.75) is 19.9 Å². The molecule has 1 unspecified atom stereocenters. The fourth-order valence-electron chi connectivity index (χ4n) is 4.75. The Morgan fingerprint density at radius 2 is 1.68 bits per heavy atom. The van der Waals surface area contributed by atoms with E-state index in [-0.39, 0.29) is 11.8 Å². The van der Waals surface area contributed by atoms with E-state index in [2.05, 4.69) is 32.9 Å². The molecule has 3 aromatic heterocycles. The number of pyridine rings is 1. The summed E-state index contributed by atoms with van der Waals surface area (Å²) in [5, 5.41) is 19.6. The smallest absolute Gasteiger partial charge is 0.316 e. The lowest BCUT2D eigenvalue weighted by molar-refractivity contribution is 0.380. The average Bonchev–Trinajstić information content (AvgIpc) is 3.28. The Labute approximate surface area is 215 Å². The first-order chi connectivity index (χ1) is 18.0. The van der Waals surface area contributed by atoms with Gasteiger partial charge in [-0.05, 0) is 43.2 Å². The molecular weight excluding hydrogens is 462 g/mol. The van der Waals surface area contributed by atoms with Crippen molar-refractivity contribution in [1.29, 1.82) is 5.41 Å². The summed E-state index contributed by atoms with van der Waals surface area (Å²) < 4.78 is 7.35. The standard InChI is InChI=1S/C30H27N5O2/c1-19(31)28(20(2)36)22-12-13-24-25(23-16-33-30(37-3)34-17-23)18-35(27(24)15-22)29(21-9-5-4-6-10-21)26-11-7-8-14-32-26/h4-18,29,31,36H,1-3H3/b28-20+,31-19?. The van der Waals surface area contributed by atoms with Gasteiger partial charge in [0.05, 0.1) is 24.1 Å². The van der Waals surface area contributed by atoms with Crippen molar-refractivity contribution in [2.75, 3.05) is 7.11 Å². The van der Waals surface area contributed by atoms with Crippen molar-refractivity contribution in [3.8, 4) is 17.1 Å². The predicted octanol–water partition coefficient (Wildman–Crippen LogP) is 6.47. The number of fused-ring (bicyclic) bond motifs is 1. The van der Waals surface area contributed by atoms with E-state index in [1.165, 1.54) is 0 Å². The van der Waals surface area contributed by atoms with Crippen LogP contribution >= 0.6 is 0 Å². The highest BCUT2D eigenvalue weighted by Crippen LogP contribution is 2.38. The number of aliphatic hydroxyl groups excluding tert-OH is 1. The maximum atomic E-state index is 10.4. The van der Waals surface area contributed by atoms with E-state index in [0.29, 0.717) is 17.3 Å². The van der Waals surface area contributed by atoms with Crippen LogP contribution in [0.3, 0.4) is 0 Å². The number of allylic oxidation sites excluding steroid dienone is 2. The number of aliphatic hydroxyl groups is 1. The van der Waals surface area contributed by atoms with Gasteiger partial charge in [0.2, 0.25) is 0 Å². The number of hydrogen-bond acceptors (Lipinski definition) is 6. The normalized spacial score (nSPS) is 12.7. The molecule has 2 N–H and O–H groups in total. The van der Waals surface area contributed by atoms with Crippen LogP contribution in [0.1, 0.15) is 36.7 Å². The molecule has 3 heterocycles. The highest BCUT2D eigenvalue weighted by molar-refractivity contribution is 6.22. The monoisotopic (exact) mass is 489 g/mol. The molecule has 0 fully saturated rings. The lowest BCUT2D eigenvalue weighted by Crippen LogP contribution is -2.13. The van der Waals surface area contributed by atoms with Crippen molar-refractivity contribution < 1.29 is 9.84 Å². The van der Waals surface area contributed by atoms with Crippen molar-refractivity contribution in [2.24, 2.45) is 0 Å². The van der Waals surface area contributed by atoms with Gasteiger partial charge in [0.1, 0.15) is 6.04 Å². The van der Waals surface area contributed by atoms with E-state index in [0.717, 1.165) is 38.9 Å². The van der Waals surface area contributed by atoms with Crippen molar-refractivity contribution in [1.82, 2.24) is 19.5 Å². The van der Waals surface area contributed by atoms with E-state index >= 15 is 0 Å². The SMILES string of the molecule is COc1ncc(-c2cn(C(c3ccccc3)c3ccccn3)c3cc(/C(C(C)=N)=C(\C)O)ccc23)cn1. The molecule has 1 atom stereocenters. The largest absolute Gasteiger partial charge is 0.512 e. The summed E-state index contributed by atoms with van der Waals surface area (Å²) in [4.78, 5) is 13.4. The molecule has 7 heteroatoms. The molecule has 5 aromatic rings. The van der Waals surface area contributed by atoms with Crippen LogP contribution in [0, 0.1) is 5.41 Å². The van der Waals surface area contributed by atoms with Crippen LogP contribution in [-0.2, 0) is 0 Å². The summed E-state index contributed by atoms with van der Waals surface area (Å²) in [5.74, 6) is 0.109. The number of methoxy groups -OCH3 is 1. The van der Waals surface area contributed by atoms with Crippen molar-refractivity contribution in [3.05, 3.63) is 114 Å². The van der Waals surface area contributed by atoms with Gasteiger partial charge in [-0.3, -0.25) is 4.98 Å². The zero-order chi connectivity index (χ0) is 25.9. The molecule has 0 aliphatic heterocycles. The third-order valence-corrected chi connectivity index (χ3v) is 6.34. The zero-order valence-electron chi connectivity index (χ0n) is 20.9. The number of hydrogen-bond donors (Lipinski definition) is 2. The van der Waals surface area contributed by atoms with Gasteiger partial charge < -0.3 is 19.8 Å². The molecule has 0 aliphatic rings. The molecule has 0 radical (unpaired) electrons. The summed E-state index contributed by atoms with van der Waals surface area (Å²) in [6.07, 6.45) is 7.40. The minimum absolute atomic E-state index is 0.109. The molecule has 0 amide bonds. The van der Waals surface area contributed by atoms with Gasteiger partial charge in [-0.2, -0.15) is 0 Å². The van der Waals surface area contributed by atoms with E-state index in [1.807, 2.05) is 54.6 Å². The van der Waals surface area contributed by atoms with Crippen molar-refractivity contribution >= 4 is 22.2 Å². The number of nitrogens with one attached hydrogen (secondary N) is 1. The number of ether oxygens (including phenoxy) is 1. The molecule has 184 valence electrons. The molecular formula is C30H27N5O2. The van der Waals surface area contributed by atoms with Gasteiger partial charge in [0.15, 0.2) is 0 Å². The quantitative estimate of drug-likeness (QED) is 0.202. The minimum Gasteiger partial charge on any atom is -0.512 e. The molecule has 0 aliphatic carbocycles. The van der Waals surface area contributed by atoms with Crippen LogP contribution in [0.15, 0.2) is 97.3 Å². The summed E-state index contributed by atoms with van der Waals surface area (Å²) in [6.45, 7) is 3.29. The average molecular weight is 490 g/mol. The Morgan fingerprint density at radius 3 is 2.30 bits per heavy atom. The Hall–Kier alpha value is -4.78. The highest BCUT2D eigenvalue weighted by Gasteiger charge is 2.23. The summed E-state index contributed by atoms with van der Waals surface area (Å²) >= 11 is 0. The van der Waals surface area contributed by atoms with Crippen molar-refractivity contribution in [3.63, 3.8) is 0 Å². The molecule has 37 heavy (non-hydrogen) atoms. The number of nitrogens with zero attached hydrogens (tertiary/aromatic N) is 4. The first-order valence-electron chi connectivity index (χ1n) is 11.9. The summed E-state index contributed by atoms with van der Waals surface area (Å²) in [6, 6.07) is 22.2. The third-order valence-electron chi connectivity index (χ3n) is 6.34. The molecule has 0 saturated heterocycles. The predicted molar refractivity (Wildman–Crippen MR) is 146 cm³/mol. The Balaban J connectivity index is 1.82. The van der Waals surface area contributed by atoms with Crippen LogP contribution in [0.5, 0.6) is 6.01 Å². The van der Waals surface area contributed by atoms with Gasteiger partial charge in [0.25, 0.3) is 0 Å². The van der Waals surface area contributed by atoms with E-state index < -0.39 is 0 Å². The third kappa shape index (κ3) is 4.59. The van der Waals surface area contributed by atoms with Gasteiger partial charge in [-0.15, -0.1) is 0 Å². The maximum Gasteiger partial charge on any atom is 0.316 e. The highest BCUT2D eigenvalue weighted by atomic mass is 16.5. The second-order valence-electron chi connectivity index (χ2n) is 8.79. The molecule has 0 saturated carbocycles. The molecule has 7 nitrogen and oxygen atoms in total. The Bertz CT molecular complexity index is 1550. The zero-order valence-corrected chi connectivity index (χ0v) is 20.9. The topological polar surface area (TPSA) is 96.9 Å². The summed E-state index contributed by atoms with van der Waals surface area (Å²) in [5.41, 5.74) is 6.29. The molecule has 0 bridgehead atoms. The first-order valence-corrected chi connectivity index (χ1v) is 11.9. The van der Waals surface area contributed by atoms with E-state index in [1.54, 1.807) is 39.5 Å². The van der Waals surface area contributed by atoms with Crippen LogP contribution in [0.4, 0.5) is 0 Å². The molecule has 2 aromatic carbocycles. The van der Waals surface area contributed by atoms with Crippen LogP contribution < -0.4 is 4.74 Å². The second-order valence-corrected chi connectivity index (χ2v) is 8.79. The van der Waals surface area contributed by atoms with E-state index in [9.17, 15) is 5.11 Å². The Kier molecular flexibility index (Phi) is 6.51. The van der Waals surface area contributed by atoms with Gasteiger partial charge in [-0.25, -0.2) is 9.97 Å². The van der Waals surface area contributed by atoms with E-state index in [4.69, 9.17) is 15.1 Å². The second kappa shape index (κ2) is 10.1.